The number of ether oxygens (including phenoxy) is 1. The Hall–Kier alpha value is -0.260. The van der Waals surface area contributed by atoms with E-state index in [1.165, 1.54) is 89.9 Å². The zero-order valence-corrected chi connectivity index (χ0v) is 20.8. The molecule has 0 aliphatic rings. The molecule has 0 saturated heterocycles. The Balaban J connectivity index is 3.48. The number of unbranched alkanes of at least 4 members (excludes halogenated alkanes) is 16. The summed E-state index contributed by atoms with van der Waals surface area (Å²) < 4.78 is 9.85. The van der Waals surface area contributed by atoms with Crippen LogP contribution in [0.5, 0.6) is 0 Å². The molecular formula is C23H45O5PS. The largest absolute Gasteiger partial charge is 0.432 e. The predicted molar refractivity (Wildman–Crippen MR) is 129 cm³/mol. The van der Waals surface area contributed by atoms with Crippen molar-refractivity contribution in [3.8, 4) is 0 Å². The smallest absolute Gasteiger partial charge is 0.332 e. The van der Waals surface area contributed by atoms with Crippen molar-refractivity contribution in [3.63, 3.8) is 0 Å². The highest BCUT2D eigenvalue weighted by Crippen LogP contribution is 2.39. The van der Waals surface area contributed by atoms with Gasteiger partial charge < -0.3 is 14.5 Å². The quantitative estimate of drug-likeness (QED) is 0.0575. The third-order valence-corrected chi connectivity index (χ3v) is 5.98. The van der Waals surface area contributed by atoms with Gasteiger partial charge >= 0.3 is 12.7 Å². The summed E-state index contributed by atoms with van der Waals surface area (Å²) >= 11 is 4.45. The van der Waals surface area contributed by atoms with Crippen LogP contribution >= 0.6 is 6.72 Å². The summed E-state index contributed by atoms with van der Waals surface area (Å²) in [5, 5.41) is 0. The number of hydrogen-bond donors (Lipinski definition) is 2. The molecule has 30 heavy (non-hydrogen) atoms. The SMILES string of the molecule is C=CC(=O)OC(CCCCCCCCCCCCCCCCCCC)OP(O)(O)=S. The normalized spacial score (nSPS) is 12.6. The Morgan fingerprint density at radius 1 is 0.833 bits per heavy atom. The van der Waals surface area contributed by atoms with Gasteiger partial charge in [0, 0.05) is 12.5 Å². The predicted octanol–water partition coefficient (Wildman–Crippen LogP) is 7.31. The topological polar surface area (TPSA) is 76.0 Å². The van der Waals surface area contributed by atoms with E-state index in [0.717, 1.165) is 25.3 Å². The van der Waals surface area contributed by atoms with E-state index in [-0.39, 0.29) is 0 Å². The first-order chi connectivity index (χ1) is 14.4. The van der Waals surface area contributed by atoms with E-state index < -0.39 is 19.0 Å². The zero-order chi connectivity index (χ0) is 22.5. The van der Waals surface area contributed by atoms with Crippen molar-refractivity contribution >= 4 is 24.5 Å². The Morgan fingerprint density at radius 2 is 1.20 bits per heavy atom. The van der Waals surface area contributed by atoms with E-state index in [4.69, 9.17) is 9.26 Å². The van der Waals surface area contributed by atoms with Crippen LogP contribution < -0.4 is 0 Å². The molecule has 2 N–H and O–H groups in total. The van der Waals surface area contributed by atoms with Gasteiger partial charge in [-0.3, -0.25) is 4.52 Å². The molecule has 0 heterocycles. The van der Waals surface area contributed by atoms with Crippen molar-refractivity contribution in [2.45, 2.75) is 129 Å². The van der Waals surface area contributed by atoms with Gasteiger partial charge in [0.1, 0.15) is 0 Å². The van der Waals surface area contributed by atoms with Crippen molar-refractivity contribution in [2.75, 3.05) is 0 Å². The molecule has 0 aliphatic heterocycles. The lowest BCUT2D eigenvalue weighted by atomic mass is 10.0. The summed E-state index contributed by atoms with van der Waals surface area (Å²) in [5.74, 6) is -0.657. The molecule has 0 amide bonds. The number of esters is 1. The van der Waals surface area contributed by atoms with Crippen LogP contribution in [0.25, 0.3) is 0 Å². The summed E-state index contributed by atoms with van der Waals surface area (Å²) in [6.45, 7) is 1.73. The Labute approximate surface area is 189 Å². The van der Waals surface area contributed by atoms with Crippen LogP contribution in [0.3, 0.4) is 0 Å². The summed E-state index contributed by atoms with van der Waals surface area (Å²) in [6.07, 6.45) is 22.3. The maximum atomic E-state index is 11.3. The van der Waals surface area contributed by atoms with Crippen LogP contribution in [0.15, 0.2) is 12.7 Å². The summed E-state index contributed by atoms with van der Waals surface area (Å²) in [6, 6.07) is 0. The molecule has 0 fully saturated rings. The van der Waals surface area contributed by atoms with Gasteiger partial charge in [-0.25, -0.2) is 4.79 Å². The average molecular weight is 465 g/mol. The van der Waals surface area contributed by atoms with Crippen LogP contribution in [-0.2, 0) is 25.9 Å². The minimum Gasteiger partial charge on any atom is -0.432 e. The molecule has 0 aromatic rings. The van der Waals surface area contributed by atoms with Gasteiger partial charge in [-0.15, -0.1) is 0 Å². The molecule has 0 aromatic carbocycles. The lowest BCUT2D eigenvalue weighted by Crippen LogP contribution is -2.19. The van der Waals surface area contributed by atoms with Crippen LogP contribution in [-0.4, -0.2) is 22.0 Å². The maximum absolute atomic E-state index is 11.3. The molecule has 178 valence electrons. The van der Waals surface area contributed by atoms with Gasteiger partial charge in [0.2, 0.25) is 6.29 Å². The molecular weight excluding hydrogens is 419 g/mol. The first kappa shape index (κ1) is 29.7. The Kier molecular flexibility index (Phi) is 20.5. The summed E-state index contributed by atoms with van der Waals surface area (Å²) in [5.41, 5.74) is 0. The Morgan fingerprint density at radius 3 is 1.53 bits per heavy atom. The fraction of sp³-hybridized carbons (Fsp3) is 0.870. The zero-order valence-electron chi connectivity index (χ0n) is 19.1. The van der Waals surface area contributed by atoms with Crippen LogP contribution in [0.1, 0.15) is 122 Å². The Bertz CT molecular complexity index is 467. The molecule has 0 aromatic heterocycles. The lowest BCUT2D eigenvalue weighted by molar-refractivity contribution is -0.159. The van der Waals surface area contributed by atoms with E-state index in [2.05, 4.69) is 25.3 Å². The summed E-state index contributed by atoms with van der Waals surface area (Å²) in [7, 11) is 0. The number of carbonyl (C=O) groups excluding carboxylic acids is 1. The van der Waals surface area contributed by atoms with E-state index in [9.17, 15) is 14.6 Å². The van der Waals surface area contributed by atoms with Gasteiger partial charge in [-0.05, 0) is 18.2 Å². The second kappa shape index (κ2) is 20.6. The average Bonchev–Trinajstić information content (AvgIpc) is 2.68. The van der Waals surface area contributed by atoms with Gasteiger partial charge in [-0.2, -0.15) is 0 Å². The highest BCUT2D eigenvalue weighted by atomic mass is 32.5. The van der Waals surface area contributed by atoms with Gasteiger partial charge in [0.15, 0.2) is 0 Å². The standard InChI is InChI=1S/C23H45O5PS/c1-3-5-6-7-8-9-10-11-12-13-14-15-16-17-18-19-20-21-23(27-22(24)4-2)28-29(25,26)30/h4,23H,2-3,5-21H2,1H3,(H2,25,26,30). The maximum Gasteiger partial charge on any atom is 0.332 e. The highest BCUT2D eigenvalue weighted by molar-refractivity contribution is 8.06. The van der Waals surface area contributed by atoms with Crippen molar-refractivity contribution in [1.82, 2.24) is 0 Å². The molecule has 0 radical (unpaired) electrons. The lowest BCUT2D eigenvalue weighted by Gasteiger charge is -2.19. The van der Waals surface area contributed by atoms with Gasteiger partial charge in [-0.1, -0.05) is 116 Å². The fourth-order valence-corrected chi connectivity index (χ4v) is 4.24. The first-order valence-corrected chi connectivity index (χ1v) is 14.6. The molecule has 1 atom stereocenters. The third kappa shape index (κ3) is 22.4. The molecule has 1 unspecified atom stereocenters. The molecule has 0 rings (SSSR count). The molecule has 0 spiro atoms. The van der Waals surface area contributed by atoms with E-state index in [1.54, 1.807) is 0 Å². The van der Waals surface area contributed by atoms with Gasteiger partial charge in [0.05, 0.1) is 0 Å². The van der Waals surface area contributed by atoms with Crippen molar-refractivity contribution in [1.29, 1.82) is 0 Å². The van der Waals surface area contributed by atoms with Crippen molar-refractivity contribution < 1.29 is 23.8 Å². The van der Waals surface area contributed by atoms with Crippen molar-refractivity contribution in [2.24, 2.45) is 0 Å². The van der Waals surface area contributed by atoms with Crippen LogP contribution in [0, 0.1) is 0 Å². The second-order valence-corrected chi connectivity index (χ2v) is 10.7. The van der Waals surface area contributed by atoms with Gasteiger partial charge in [0.25, 0.3) is 0 Å². The summed E-state index contributed by atoms with van der Waals surface area (Å²) in [4.78, 5) is 29.8. The number of carbonyl (C=O) groups is 1. The minimum atomic E-state index is -3.86. The molecule has 0 aliphatic carbocycles. The fourth-order valence-electron chi connectivity index (χ4n) is 3.50. The van der Waals surface area contributed by atoms with Crippen molar-refractivity contribution in [3.05, 3.63) is 12.7 Å². The molecule has 5 nitrogen and oxygen atoms in total. The van der Waals surface area contributed by atoms with E-state index in [0.29, 0.717) is 6.42 Å². The second-order valence-electron chi connectivity index (χ2n) is 8.11. The monoisotopic (exact) mass is 464 g/mol. The molecule has 0 bridgehead atoms. The van der Waals surface area contributed by atoms with Crippen LogP contribution in [0.2, 0.25) is 0 Å². The van der Waals surface area contributed by atoms with Crippen LogP contribution in [0.4, 0.5) is 0 Å². The van der Waals surface area contributed by atoms with E-state index >= 15 is 0 Å². The molecule has 7 heteroatoms. The number of rotatable bonds is 22. The van der Waals surface area contributed by atoms with E-state index in [1.807, 2.05) is 0 Å². The number of hydrogen-bond acceptors (Lipinski definition) is 4. The third-order valence-electron chi connectivity index (χ3n) is 5.21. The first-order valence-electron chi connectivity index (χ1n) is 12.0. The highest BCUT2D eigenvalue weighted by Gasteiger charge is 2.20. The molecule has 0 saturated carbocycles. The minimum absolute atomic E-state index is 0.400.